The standard InChI is InChI=1S/C19H32N4O2/c1-16-5-3-12-23(15-16)19(21-11-4-10-20)22-17-6-8-18(9-7-17)25-14-13-24-2/h6-9,16H,3-5,10-15,20H2,1-2H3,(H,21,22). The van der Waals surface area contributed by atoms with E-state index in [0.29, 0.717) is 25.7 Å². The van der Waals surface area contributed by atoms with E-state index in [1.54, 1.807) is 7.11 Å². The zero-order valence-corrected chi connectivity index (χ0v) is 15.5. The maximum absolute atomic E-state index is 5.61. The quantitative estimate of drug-likeness (QED) is 0.429. The van der Waals surface area contributed by atoms with Crippen molar-refractivity contribution in [2.45, 2.75) is 26.2 Å². The van der Waals surface area contributed by atoms with Crippen molar-refractivity contribution in [3.05, 3.63) is 24.3 Å². The number of ether oxygens (including phenoxy) is 2. The van der Waals surface area contributed by atoms with Crippen LogP contribution in [-0.2, 0) is 4.74 Å². The minimum Gasteiger partial charge on any atom is -0.491 e. The van der Waals surface area contributed by atoms with E-state index < -0.39 is 0 Å². The topological polar surface area (TPSA) is 72.1 Å². The van der Waals surface area contributed by atoms with Crippen LogP contribution in [0.2, 0.25) is 0 Å². The largest absolute Gasteiger partial charge is 0.491 e. The molecular weight excluding hydrogens is 316 g/mol. The highest BCUT2D eigenvalue weighted by molar-refractivity contribution is 5.93. The molecule has 0 spiro atoms. The van der Waals surface area contributed by atoms with Gasteiger partial charge >= 0.3 is 0 Å². The van der Waals surface area contributed by atoms with Crippen LogP contribution < -0.4 is 15.8 Å². The van der Waals surface area contributed by atoms with E-state index >= 15 is 0 Å². The number of nitrogens with one attached hydrogen (secondary N) is 1. The second kappa shape index (κ2) is 10.9. The van der Waals surface area contributed by atoms with Gasteiger partial charge in [0, 0.05) is 32.4 Å². The summed E-state index contributed by atoms with van der Waals surface area (Å²) in [5.74, 6) is 2.50. The Balaban J connectivity index is 1.98. The molecule has 0 bridgehead atoms. The molecule has 1 saturated heterocycles. The van der Waals surface area contributed by atoms with Gasteiger partial charge in [-0.05, 0) is 56.0 Å². The lowest BCUT2D eigenvalue weighted by molar-refractivity contribution is 0.146. The molecule has 1 aliphatic rings. The Bertz CT molecular complexity index is 519. The summed E-state index contributed by atoms with van der Waals surface area (Å²) in [5.41, 5.74) is 6.63. The molecule has 1 fully saturated rings. The number of aliphatic imine (C=N–C) groups is 1. The molecule has 1 heterocycles. The number of benzene rings is 1. The van der Waals surface area contributed by atoms with E-state index in [4.69, 9.17) is 20.2 Å². The van der Waals surface area contributed by atoms with Crippen molar-refractivity contribution in [2.24, 2.45) is 16.6 Å². The summed E-state index contributed by atoms with van der Waals surface area (Å²) in [5, 5.41) is 3.48. The smallest absolute Gasteiger partial charge is 0.198 e. The number of rotatable bonds is 8. The highest BCUT2D eigenvalue weighted by Gasteiger charge is 2.19. The Morgan fingerprint density at radius 3 is 2.80 bits per heavy atom. The number of likely N-dealkylation sites (tertiary alicyclic amines) is 1. The Kier molecular flexibility index (Phi) is 8.55. The van der Waals surface area contributed by atoms with E-state index in [1.807, 2.05) is 24.3 Å². The number of guanidine groups is 1. The van der Waals surface area contributed by atoms with E-state index in [9.17, 15) is 0 Å². The molecule has 0 aliphatic carbocycles. The van der Waals surface area contributed by atoms with Gasteiger partial charge in [-0.2, -0.15) is 0 Å². The van der Waals surface area contributed by atoms with Crippen LogP contribution in [0.15, 0.2) is 29.3 Å². The predicted octanol–water partition coefficient (Wildman–Crippen LogP) is 2.56. The Morgan fingerprint density at radius 1 is 1.32 bits per heavy atom. The van der Waals surface area contributed by atoms with Gasteiger partial charge in [0.1, 0.15) is 12.4 Å². The maximum Gasteiger partial charge on any atom is 0.198 e. The van der Waals surface area contributed by atoms with Gasteiger partial charge < -0.3 is 25.4 Å². The van der Waals surface area contributed by atoms with Gasteiger partial charge in [0.25, 0.3) is 0 Å². The number of nitrogens with two attached hydrogens (primary N) is 1. The van der Waals surface area contributed by atoms with Crippen LogP contribution in [0.25, 0.3) is 0 Å². The van der Waals surface area contributed by atoms with Crippen LogP contribution in [0.5, 0.6) is 5.75 Å². The first-order chi connectivity index (χ1) is 12.2. The Labute approximate surface area is 151 Å². The molecule has 3 N–H and O–H groups in total. The minimum absolute atomic E-state index is 0.556. The normalized spacial score (nSPS) is 18.3. The summed E-state index contributed by atoms with van der Waals surface area (Å²) < 4.78 is 10.6. The van der Waals surface area contributed by atoms with Crippen LogP contribution in [0.3, 0.4) is 0 Å². The monoisotopic (exact) mass is 348 g/mol. The van der Waals surface area contributed by atoms with E-state index in [0.717, 1.165) is 43.5 Å². The van der Waals surface area contributed by atoms with E-state index in [1.165, 1.54) is 12.8 Å². The van der Waals surface area contributed by atoms with Gasteiger partial charge in [-0.3, -0.25) is 4.99 Å². The lowest BCUT2D eigenvalue weighted by Crippen LogP contribution is -2.43. The molecule has 0 saturated carbocycles. The number of nitrogens with zero attached hydrogens (tertiary/aromatic N) is 2. The second-order valence-electron chi connectivity index (χ2n) is 6.53. The highest BCUT2D eigenvalue weighted by Crippen LogP contribution is 2.19. The Hall–Kier alpha value is -1.79. The number of hydrogen-bond donors (Lipinski definition) is 2. The third kappa shape index (κ3) is 6.92. The SMILES string of the molecule is COCCOc1ccc(NC(=NCCCN)N2CCCC(C)C2)cc1. The Morgan fingerprint density at radius 2 is 2.12 bits per heavy atom. The minimum atomic E-state index is 0.556. The number of hydrogen-bond acceptors (Lipinski definition) is 4. The molecule has 1 aromatic carbocycles. The fourth-order valence-corrected chi connectivity index (χ4v) is 2.88. The summed E-state index contributed by atoms with van der Waals surface area (Å²) in [6.07, 6.45) is 3.41. The molecule has 0 aromatic heterocycles. The van der Waals surface area contributed by atoms with Gasteiger partial charge in [-0.25, -0.2) is 0 Å². The van der Waals surface area contributed by atoms with Crippen molar-refractivity contribution in [2.75, 3.05) is 51.8 Å². The molecule has 1 aromatic rings. The number of piperidine rings is 1. The first kappa shape index (κ1) is 19.5. The van der Waals surface area contributed by atoms with Crippen molar-refractivity contribution in [1.82, 2.24) is 4.90 Å². The van der Waals surface area contributed by atoms with Crippen LogP contribution in [0.4, 0.5) is 5.69 Å². The van der Waals surface area contributed by atoms with Gasteiger partial charge in [-0.1, -0.05) is 6.92 Å². The maximum atomic E-state index is 5.61. The van der Waals surface area contributed by atoms with Gasteiger partial charge in [0.2, 0.25) is 0 Å². The zero-order chi connectivity index (χ0) is 17.9. The zero-order valence-electron chi connectivity index (χ0n) is 15.5. The van der Waals surface area contributed by atoms with Gasteiger partial charge in [0.15, 0.2) is 5.96 Å². The number of methoxy groups -OCH3 is 1. The lowest BCUT2D eigenvalue weighted by Gasteiger charge is -2.33. The molecule has 1 unspecified atom stereocenters. The summed E-state index contributed by atoms with van der Waals surface area (Å²) in [6.45, 7) is 6.97. The molecule has 0 amide bonds. The van der Waals surface area contributed by atoms with Crippen molar-refractivity contribution >= 4 is 11.6 Å². The molecule has 140 valence electrons. The average Bonchev–Trinajstić information content (AvgIpc) is 2.62. The fourth-order valence-electron chi connectivity index (χ4n) is 2.88. The summed E-state index contributed by atoms with van der Waals surface area (Å²) in [7, 11) is 1.67. The third-order valence-corrected chi connectivity index (χ3v) is 4.25. The van der Waals surface area contributed by atoms with Crippen LogP contribution in [0, 0.1) is 5.92 Å². The molecule has 2 rings (SSSR count). The molecular formula is C19H32N4O2. The average molecular weight is 348 g/mol. The second-order valence-corrected chi connectivity index (χ2v) is 6.53. The summed E-state index contributed by atoms with van der Waals surface area (Å²) in [4.78, 5) is 7.11. The first-order valence-electron chi connectivity index (χ1n) is 9.21. The molecule has 1 aliphatic heterocycles. The number of anilines is 1. The predicted molar refractivity (Wildman–Crippen MR) is 103 cm³/mol. The van der Waals surface area contributed by atoms with Gasteiger partial charge in [-0.15, -0.1) is 0 Å². The molecule has 6 heteroatoms. The van der Waals surface area contributed by atoms with Crippen LogP contribution in [-0.4, -0.2) is 57.4 Å². The van der Waals surface area contributed by atoms with Crippen molar-refractivity contribution < 1.29 is 9.47 Å². The van der Waals surface area contributed by atoms with Crippen molar-refractivity contribution in [3.63, 3.8) is 0 Å². The van der Waals surface area contributed by atoms with Crippen LogP contribution >= 0.6 is 0 Å². The lowest BCUT2D eigenvalue weighted by atomic mass is 10.0. The van der Waals surface area contributed by atoms with Crippen molar-refractivity contribution in [3.8, 4) is 5.75 Å². The third-order valence-electron chi connectivity index (χ3n) is 4.25. The molecule has 0 radical (unpaired) electrons. The molecule has 6 nitrogen and oxygen atoms in total. The summed E-state index contributed by atoms with van der Waals surface area (Å²) in [6, 6.07) is 7.98. The van der Waals surface area contributed by atoms with E-state index in [2.05, 4.69) is 17.1 Å². The summed E-state index contributed by atoms with van der Waals surface area (Å²) >= 11 is 0. The van der Waals surface area contributed by atoms with Crippen molar-refractivity contribution in [1.29, 1.82) is 0 Å². The van der Waals surface area contributed by atoms with E-state index in [-0.39, 0.29) is 0 Å². The first-order valence-corrected chi connectivity index (χ1v) is 9.21. The molecule has 25 heavy (non-hydrogen) atoms. The fraction of sp³-hybridized carbons (Fsp3) is 0.632. The molecule has 1 atom stereocenters. The highest BCUT2D eigenvalue weighted by atomic mass is 16.5. The van der Waals surface area contributed by atoms with Gasteiger partial charge in [0.05, 0.1) is 6.61 Å². The van der Waals surface area contributed by atoms with Crippen LogP contribution in [0.1, 0.15) is 26.2 Å².